The van der Waals surface area contributed by atoms with Crippen LogP contribution in [0.4, 0.5) is 4.79 Å². The van der Waals surface area contributed by atoms with Gasteiger partial charge in [-0.25, -0.2) is 9.59 Å². The molecule has 188 valence electrons. The molecule has 3 aliphatic rings. The Balaban J connectivity index is 1.14. The van der Waals surface area contributed by atoms with Crippen molar-refractivity contribution in [3.63, 3.8) is 0 Å². The maximum Gasteiger partial charge on any atom is 0.407 e. The Morgan fingerprint density at radius 3 is 2.36 bits per heavy atom. The summed E-state index contributed by atoms with van der Waals surface area (Å²) in [5.41, 5.74) is 3.62. The number of nitrogens with one attached hydrogen (secondary N) is 3. The number of carbonyl (C=O) groups is 3. The molecule has 36 heavy (non-hydrogen) atoms. The molecule has 4 atom stereocenters. The van der Waals surface area contributed by atoms with E-state index in [0.29, 0.717) is 19.4 Å². The van der Waals surface area contributed by atoms with E-state index in [1.807, 2.05) is 24.3 Å². The van der Waals surface area contributed by atoms with Crippen LogP contribution in [0.5, 0.6) is 0 Å². The second-order valence-corrected chi connectivity index (χ2v) is 9.59. The molecule has 2 aromatic carbocycles. The van der Waals surface area contributed by atoms with E-state index in [2.05, 4.69) is 46.8 Å². The number of alkyl carbamates (subject to hydrolysis) is 1. The van der Waals surface area contributed by atoms with E-state index in [1.165, 1.54) is 11.1 Å². The maximum absolute atomic E-state index is 12.9. The third-order valence-electron chi connectivity index (χ3n) is 7.40. The van der Waals surface area contributed by atoms with Gasteiger partial charge in [0.2, 0.25) is 5.91 Å². The number of benzene rings is 2. The van der Waals surface area contributed by atoms with Gasteiger partial charge in [0.25, 0.3) is 0 Å². The average Bonchev–Trinajstić information content (AvgIpc) is 3.24. The lowest BCUT2D eigenvalue weighted by Crippen LogP contribution is -2.51. The molecule has 0 aromatic heterocycles. The molecule has 0 spiro atoms. The van der Waals surface area contributed by atoms with Crippen LogP contribution in [-0.4, -0.2) is 55.4 Å². The molecular weight excluding hydrogens is 458 g/mol. The minimum atomic E-state index is -1.03. The van der Waals surface area contributed by atoms with Gasteiger partial charge in [0, 0.05) is 24.4 Å². The summed E-state index contributed by atoms with van der Waals surface area (Å²) in [5, 5.41) is 8.85. The number of fused-ring (bicyclic) bond motifs is 3. The van der Waals surface area contributed by atoms with E-state index in [4.69, 9.17) is 9.47 Å². The smallest absolute Gasteiger partial charge is 0.407 e. The lowest BCUT2D eigenvalue weighted by atomic mass is 9.98. The largest absolute Gasteiger partial charge is 0.464 e. The monoisotopic (exact) mass is 489 g/mol. The van der Waals surface area contributed by atoms with Crippen molar-refractivity contribution in [3.8, 4) is 11.1 Å². The standard InChI is InChI=1S/C28H31N3O5/c1-3-17-14-28(17,26(33)35-4-2)31-25(32)24-13-18(15-29-24)30-27(34)36-16-23-21-11-7-5-9-19(21)20-10-6-8-12-22(20)23/h3,5-12,17-18,23-24,29H,1,4,13-16H2,2H3,(H,30,34)(H,31,32)/t17?,18-,24+,28-/m1/s1. The minimum Gasteiger partial charge on any atom is -0.464 e. The molecule has 5 rings (SSSR count). The number of hydrogen-bond donors (Lipinski definition) is 3. The first-order chi connectivity index (χ1) is 17.5. The summed E-state index contributed by atoms with van der Waals surface area (Å²) in [6, 6.07) is 15.6. The van der Waals surface area contributed by atoms with E-state index in [9.17, 15) is 14.4 Å². The second kappa shape index (κ2) is 9.78. The molecule has 1 saturated carbocycles. The van der Waals surface area contributed by atoms with Gasteiger partial charge in [-0.2, -0.15) is 0 Å². The Kier molecular flexibility index (Phi) is 6.53. The zero-order chi connectivity index (χ0) is 25.3. The number of ether oxygens (including phenoxy) is 2. The van der Waals surface area contributed by atoms with Crippen LogP contribution in [0.1, 0.15) is 36.8 Å². The molecule has 1 saturated heterocycles. The first kappa shape index (κ1) is 24.1. The van der Waals surface area contributed by atoms with Gasteiger partial charge >= 0.3 is 12.1 Å². The highest BCUT2D eigenvalue weighted by atomic mass is 16.5. The molecular formula is C28H31N3O5. The van der Waals surface area contributed by atoms with Crippen LogP contribution < -0.4 is 16.0 Å². The summed E-state index contributed by atoms with van der Waals surface area (Å²) >= 11 is 0. The molecule has 2 aromatic rings. The molecule has 8 heteroatoms. The number of rotatable bonds is 8. The predicted octanol–water partition coefficient (Wildman–Crippen LogP) is 2.88. The van der Waals surface area contributed by atoms with Crippen molar-refractivity contribution >= 4 is 18.0 Å². The molecule has 2 amide bonds. The SMILES string of the molecule is C=CC1C[C@]1(NC(=O)[C@@H]1C[C@@H](NC(=O)OCC2c3ccccc3-c3ccccc32)CN1)C(=O)OCC. The van der Waals surface area contributed by atoms with Crippen LogP contribution in [0.2, 0.25) is 0 Å². The fourth-order valence-corrected chi connectivity index (χ4v) is 5.42. The van der Waals surface area contributed by atoms with E-state index in [0.717, 1.165) is 11.1 Å². The van der Waals surface area contributed by atoms with Gasteiger partial charge < -0.3 is 25.4 Å². The van der Waals surface area contributed by atoms with Crippen molar-refractivity contribution in [1.82, 2.24) is 16.0 Å². The minimum absolute atomic E-state index is 0.0150. The summed E-state index contributed by atoms with van der Waals surface area (Å²) in [6.45, 7) is 6.38. The first-order valence-electron chi connectivity index (χ1n) is 12.4. The van der Waals surface area contributed by atoms with Crippen molar-refractivity contribution in [2.75, 3.05) is 19.8 Å². The fourth-order valence-electron chi connectivity index (χ4n) is 5.42. The summed E-state index contributed by atoms with van der Waals surface area (Å²) in [7, 11) is 0. The zero-order valence-corrected chi connectivity index (χ0v) is 20.3. The molecule has 2 fully saturated rings. The van der Waals surface area contributed by atoms with Crippen molar-refractivity contribution in [2.24, 2.45) is 5.92 Å². The van der Waals surface area contributed by atoms with E-state index < -0.39 is 23.6 Å². The highest BCUT2D eigenvalue weighted by Crippen LogP contribution is 2.46. The molecule has 0 radical (unpaired) electrons. The van der Waals surface area contributed by atoms with Crippen molar-refractivity contribution in [1.29, 1.82) is 0 Å². The Morgan fingerprint density at radius 1 is 1.08 bits per heavy atom. The van der Waals surface area contributed by atoms with Crippen LogP contribution in [-0.2, 0) is 19.1 Å². The lowest BCUT2D eigenvalue weighted by Gasteiger charge is -2.20. The van der Waals surface area contributed by atoms with Crippen molar-refractivity contribution < 1.29 is 23.9 Å². The molecule has 3 N–H and O–H groups in total. The number of esters is 1. The quantitative estimate of drug-likeness (QED) is 0.389. The average molecular weight is 490 g/mol. The van der Waals surface area contributed by atoms with Gasteiger partial charge in [0.1, 0.15) is 12.1 Å². The van der Waals surface area contributed by atoms with Gasteiger partial charge in [0.05, 0.1) is 12.6 Å². The Labute approximate surface area is 210 Å². The normalized spacial score (nSPS) is 25.9. The molecule has 8 nitrogen and oxygen atoms in total. The lowest BCUT2D eigenvalue weighted by molar-refractivity contribution is -0.149. The van der Waals surface area contributed by atoms with Crippen molar-refractivity contribution in [2.45, 2.75) is 43.3 Å². The van der Waals surface area contributed by atoms with Crippen LogP contribution in [0.15, 0.2) is 61.2 Å². The van der Waals surface area contributed by atoms with Gasteiger partial charge in [-0.1, -0.05) is 54.6 Å². The van der Waals surface area contributed by atoms with Crippen LogP contribution >= 0.6 is 0 Å². The number of carbonyl (C=O) groups excluding carboxylic acids is 3. The second-order valence-electron chi connectivity index (χ2n) is 9.59. The Hall–Kier alpha value is -3.65. The van der Waals surface area contributed by atoms with Crippen molar-refractivity contribution in [3.05, 3.63) is 72.3 Å². The van der Waals surface area contributed by atoms with E-state index in [1.54, 1.807) is 13.0 Å². The number of amides is 2. The zero-order valence-electron chi connectivity index (χ0n) is 20.3. The topological polar surface area (TPSA) is 106 Å². The summed E-state index contributed by atoms with van der Waals surface area (Å²) in [5.74, 6) is -0.880. The number of hydrogen-bond acceptors (Lipinski definition) is 6. The third kappa shape index (κ3) is 4.37. The Bertz CT molecular complexity index is 1150. The van der Waals surface area contributed by atoms with Crippen LogP contribution in [0.25, 0.3) is 11.1 Å². The molecule has 2 aliphatic carbocycles. The van der Waals surface area contributed by atoms with Gasteiger partial charge in [-0.05, 0) is 42.0 Å². The molecule has 1 heterocycles. The van der Waals surface area contributed by atoms with Crippen LogP contribution in [0.3, 0.4) is 0 Å². The maximum atomic E-state index is 12.9. The fraction of sp³-hybridized carbons (Fsp3) is 0.393. The van der Waals surface area contributed by atoms with Gasteiger partial charge in [-0.15, -0.1) is 6.58 Å². The molecule has 1 aliphatic heterocycles. The summed E-state index contributed by atoms with van der Waals surface area (Å²) in [6.07, 6.45) is 2.03. The highest BCUT2D eigenvalue weighted by molar-refractivity contribution is 5.93. The predicted molar refractivity (Wildman–Crippen MR) is 134 cm³/mol. The summed E-state index contributed by atoms with van der Waals surface area (Å²) in [4.78, 5) is 37.9. The summed E-state index contributed by atoms with van der Waals surface area (Å²) < 4.78 is 10.8. The highest BCUT2D eigenvalue weighted by Gasteiger charge is 2.61. The molecule has 1 unspecified atom stereocenters. The first-order valence-corrected chi connectivity index (χ1v) is 12.4. The van der Waals surface area contributed by atoms with E-state index >= 15 is 0 Å². The third-order valence-corrected chi connectivity index (χ3v) is 7.40. The van der Waals surface area contributed by atoms with Crippen LogP contribution in [0, 0.1) is 5.92 Å². The molecule has 0 bridgehead atoms. The van der Waals surface area contributed by atoms with Gasteiger partial charge in [0.15, 0.2) is 0 Å². The van der Waals surface area contributed by atoms with E-state index in [-0.39, 0.29) is 37.0 Å². The Morgan fingerprint density at radius 2 is 1.75 bits per heavy atom. The van der Waals surface area contributed by atoms with Gasteiger partial charge in [-0.3, -0.25) is 4.79 Å².